The largest absolute Gasteiger partial charge is 0.320 e. The third-order valence-corrected chi connectivity index (χ3v) is 3.74. The van der Waals surface area contributed by atoms with Crippen LogP contribution < -0.4 is 5.32 Å². The SMILES string of the molecule is Cc1cc(Cl)c(C(=O)Nc2cnc(Cl)c(Br)c2)cn1. The molecule has 2 rings (SSSR count). The van der Waals surface area contributed by atoms with Crippen LogP contribution in [0.2, 0.25) is 10.2 Å². The molecule has 2 aromatic rings. The van der Waals surface area contributed by atoms with Crippen LogP contribution in [0.15, 0.2) is 29.0 Å². The zero-order chi connectivity index (χ0) is 14.0. The highest BCUT2D eigenvalue weighted by Crippen LogP contribution is 2.24. The van der Waals surface area contributed by atoms with Crippen LogP contribution in [0.5, 0.6) is 0 Å². The van der Waals surface area contributed by atoms with E-state index in [1.165, 1.54) is 12.4 Å². The molecule has 19 heavy (non-hydrogen) atoms. The Morgan fingerprint density at radius 3 is 2.63 bits per heavy atom. The van der Waals surface area contributed by atoms with Crippen molar-refractivity contribution in [3.05, 3.63) is 50.4 Å². The van der Waals surface area contributed by atoms with E-state index in [-0.39, 0.29) is 5.91 Å². The second kappa shape index (κ2) is 5.86. The van der Waals surface area contributed by atoms with E-state index in [0.29, 0.717) is 25.9 Å². The highest BCUT2D eigenvalue weighted by molar-refractivity contribution is 9.10. The van der Waals surface area contributed by atoms with Gasteiger partial charge in [0.1, 0.15) is 5.15 Å². The molecule has 0 aliphatic carbocycles. The first-order valence-corrected chi connectivity index (χ1v) is 6.77. The number of rotatable bonds is 2. The van der Waals surface area contributed by atoms with E-state index in [0.717, 1.165) is 5.69 Å². The summed E-state index contributed by atoms with van der Waals surface area (Å²) in [4.78, 5) is 20.0. The number of aromatic nitrogens is 2. The normalized spacial score (nSPS) is 10.3. The predicted octanol–water partition coefficient (Wildman–Crippen LogP) is 4.11. The molecule has 0 aliphatic rings. The lowest BCUT2D eigenvalue weighted by Gasteiger charge is -2.07. The lowest BCUT2D eigenvalue weighted by atomic mass is 10.2. The van der Waals surface area contributed by atoms with E-state index in [2.05, 4.69) is 31.2 Å². The van der Waals surface area contributed by atoms with Gasteiger partial charge in [0.25, 0.3) is 5.91 Å². The second-order valence-corrected chi connectivity index (χ2v) is 5.38. The molecule has 2 heterocycles. The molecule has 0 atom stereocenters. The Bertz CT molecular complexity index is 649. The molecule has 0 spiro atoms. The van der Waals surface area contributed by atoms with E-state index in [1.807, 2.05) is 0 Å². The van der Waals surface area contributed by atoms with Gasteiger partial charge in [-0.1, -0.05) is 23.2 Å². The summed E-state index contributed by atoms with van der Waals surface area (Å²) in [6.45, 7) is 1.80. The molecule has 2 aromatic heterocycles. The van der Waals surface area contributed by atoms with Gasteiger partial charge in [-0.3, -0.25) is 9.78 Å². The summed E-state index contributed by atoms with van der Waals surface area (Å²) in [5, 5.41) is 3.35. The van der Waals surface area contributed by atoms with Gasteiger partial charge in [-0.25, -0.2) is 4.98 Å². The van der Waals surface area contributed by atoms with Crippen LogP contribution in [-0.2, 0) is 0 Å². The number of aryl methyl sites for hydroxylation is 1. The predicted molar refractivity (Wildman–Crippen MR) is 78.9 cm³/mol. The summed E-state index contributed by atoms with van der Waals surface area (Å²) in [5.74, 6) is -0.353. The third kappa shape index (κ3) is 3.43. The Hall–Kier alpha value is -1.17. The number of nitrogens with zero attached hydrogens (tertiary/aromatic N) is 2. The molecule has 4 nitrogen and oxygen atoms in total. The molecule has 0 aliphatic heterocycles. The number of nitrogens with one attached hydrogen (secondary N) is 1. The molecule has 0 fully saturated rings. The maximum absolute atomic E-state index is 12.0. The second-order valence-electron chi connectivity index (χ2n) is 3.76. The van der Waals surface area contributed by atoms with Gasteiger partial charge in [0, 0.05) is 11.9 Å². The number of amides is 1. The van der Waals surface area contributed by atoms with E-state index >= 15 is 0 Å². The van der Waals surface area contributed by atoms with Gasteiger partial charge in [-0.05, 0) is 35.0 Å². The lowest BCUT2D eigenvalue weighted by molar-refractivity contribution is 0.102. The summed E-state index contributed by atoms with van der Waals surface area (Å²) in [5.41, 5.74) is 1.56. The van der Waals surface area contributed by atoms with E-state index in [4.69, 9.17) is 23.2 Å². The van der Waals surface area contributed by atoms with E-state index in [1.54, 1.807) is 19.1 Å². The van der Waals surface area contributed by atoms with Crippen LogP contribution in [0.3, 0.4) is 0 Å². The third-order valence-electron chi connectivity index (χ3n) is 2.29. The van der Waals surface area contributed by atoms with E-state index < -0.39 is 0 Å². The van der Waals surface area contributed by atoms with Crippen LogP contribution in [0.4, 0.5) is 5.69 Å². The van der Waals surface area contributed by atoms with Crippen LogP contribution in [0.25, 0.3) is 0 Å². The van der Waals surface area contributed by atoms with Crippen molar-refractivity contribution in [2.24, 2.45) is 0 Å². The quantitative estimate of drug-likeness (QED) is 0.820. The number of anilines is 1. The Balaban J connectivity index is 2.23. The van der Waals surface area contributed by atoms with Crippen molar-refractivity contribution in [1.82, 2.24) is 9.97 Å². The summed E-state index contributed by atoms with van der Waals surface area (Å²) in [6, 6.07) is 3.29. The molecule has 0 aromatic carbocycles. The van der Waals surface area contributed by atoms with Crippen molar-refractivity contribution in [3.8, 4) is 0 Å². The Kier molecular flexibility index (Phi) is 4.39. The minimum atomic E-state index is -0.353. The minimum absolute atomic E-state index is 0.304. The highest BCUT2D eigenvalue weighted by Gasteiger charge is 2.12. The topological polar surface area (TPSA) is 54.9 Å². The standard InChI is InChI=1S/C12H8BrCl2N3O/c1-6-2-10(14)8(5-16-6)12(19)18-7-3-9(13)11(15)17-4-7/h2-5H,1H3,(H,18,19). The van der Waals surface area contributed by atoms with Gasteiger partial charge in [0.15, 0.2) is 0 Å². The Morgan fingerprint density at radius 2 is 2.00 bits per heavy atom. The number of halogens is 3. The Labute approximate surface area is 128 Å². The molecule has 0 saturated heterocycles. The molecule has 1 amide bonds. The van der Waals surface area contributed by atoms with Crippen molar-refractivity contribution < 1.29 is 4.79 Å². The van der Waals surface area contributed by atoms with Crippen molar-refractivity contribution >= 4 is 50.7 Å². The molecule has 7 heteroatoms. The summed E-state index contributed by atoms with van der Waals surface area (Å²) >= 11 is 15.0. The van der Waals surface area contributed by atoms with Crippen LogP contribution in [0, 0.1) is 6.92 Å². The lowest BCUT2D eigenvalue weighted by Crippen LogP contribution is -2.13. The smallest absolute Gasteiger partial charge is 0.258 e. The van der Waals surface area contributed by atoms with Gasteiger partial charge in [0.05, 0.1) is 26.9 Å². The van der Waals surface area contributed by atoms with Crippen molar-refractivity contribution in [2.45, 2.75) is 6.92 Å². The first-order chi connectivity index (χ1) is 8.97. The number of carbonyl (C=O) groups excluding carboxylic acids is 1. The summed E-state index contributed by atoms with van der Waals surface area (Å²) < 4.78 is 0.597. The molecule has 0 saturated carbocycles. The number of hydrogen-bond donors (Lipinski definition) is 1. The van der Waals surface area contributed by atoms with Crippen molar-refractivity contribution in [2.75, 3.05) is 5.32 Å². The molecule has 1 N–H and O–H groups in total. The monoisotopic (exact) mass is 359 g/mol. The van der Waals surface area contributed by atoms with Gasteiger partial charge < -0.3 is 5.32 Å². The molecule has 0 unspecified atom stereocenters. The number of pyridine rings is 2. The fourth-order valence-electron chi connectivity index (χ4n) is 1.38. The highest BCUT2D eigenvalue weighted by atomic mass is 79.9. The summed E-state index contributed by atoms with van der Waals surface area (Å²) in [6.07, 6.45) is 2.89. The first-order valence-electron chi connectivity index (χ1n) is 5.22. The maximum atomic E-state index is 12.0. The van der Waals surface area contributed by atoms with Crippen molar-refractivity contribution in [1.29, 1.82) is 0 Å². The first kappa shape index (κ1) is 14.2. The molecule has 0 radical (unpaired) electrons. The summed E-state index contributed by atoms with van der Waals surface area (Å²) in [7, 11) is 0. The minimum Gasteiger partial charge on any atom is -0.320 e. The molecular weight excluding hydrogens is 353 g/mol. The van der Waals surface area contributed by atoms with Crippen molar-refractivity contribution in [3.63, 3.8) is 0 Å². The molecule has 98 valence electrons. The zero-order valence-corrected chi connectivity index (χ0v) is 12.8. The fraction of sp³-hybridized carbons (Fsp3) is 0.0833. The van der Waals surface area contributed by atoms with E-state index in [9.17, 15) is 4.79 Å². The van der Waals surface area contributed by atoms with Gasteiger partial charge in [-0.2, -0.15) is 0 Å². The molecule has 0 bridgehead atoms. The fourth-order valence-corrected chi connectivity index (χ4v) is 2.13. The van der Waals surface area contributed by atoms with Gasteiger partial charge in [-0.15, -0.1) is 0 Å². The van der Waals surface area contributed by atoms with Crippen LogP contribution in [0.1, 0.15) is 16.1 Å². The zero-order valence-electron chi connectivity index (χ0n) is 9.75. The van der Waals surface area contributed by atoms with Crippen LogP contribution >= 0.6 is 39.1 Å². The maximum Gasteiger partial charge on any atom is 0.258 e. The van der Waals surface area contributed by atoms with Gasteiger partial charge >= 0.3 is 0 Å². The number of hydrogen-bond acceptors (Lipinski definition) is 3. The molecular formula is C12H8BrCl2N3O. The average molecular weight is 361 g/mol. The van der Waals surface area contributed by atoms with Gasteiger partial charge in [0.2, 0.25) is 0 Å². The van der Waals surface area contributed by atoms with Crippen LogP contribution in [-0.4, -0.2) is 15.9 Å². The number of carbonyl (C=O) groups is 1. The Morgan fingerprint density at radius 1 is 1.26 bits per heavy atom. The average Bonchev–Trinajstić information content (AvgIpc) is 2.33.